The van der Waals surface area contributed by atoms with Gasteiger partial charge in [0.2, 0.25) is 15.9 Å². The Hall–Kier alpha value is -2.29. The van der Waals surface area contributed by atoms with E-state index in [1.807, 2.05) is 19.1 Å². The first-order chi connectivity index (χ1) is 13.7. The Labute approximate surface area is 173 Å². The first-order valence-corrected chi connectivity index (χ1v) is 11.6. The fourth-order valence-electron chi connectivity index (χ4n) is 3.57. The number of carbonyl (C=O) groups is 2. The Morgan fingerprint density at radius 3 is 2.31 bits per heavy atom. The van der Waals surface area contributed by atoms with Crippen molar-refractivity contribution < 1.29 is 22.7 Å². The minimum absolute atomic E-state index is 0.344. The lowest BCUT2D eigenvalue weighted by Crippen LogP contribution is -2.54. The minimum atomic E-state index is -3.92. The van der Waals surface area contributed by atoms with E-state index in [0.717, 1.165) is 31.6 Å². The van der Waals surface area contributed by atoms with Crippen molar-refractivity contribution in [1.82, 2.24) is 5.32 Å². The van der Waals surface area contributed by atoms with E-state index in [1.54, 1.807) is 12.1 Å². The number of anilines is 2. The van der Waals surface area contributed by atoms with E-state index < -0.39 is 33.2 Å². The molecule has 1 unspecified atom stereocenters. The van der Waals surface area contributed by atoms with E-state index in [2.05, 4.69) is 14.9 Å². The molecule has 1 aliphatic heterocycles. The third kappa shape index (κ3) is 6.62. The van der Waals surface area contributed by atoms with Crippen LogP contribution in [0, 0.1) is 0 Å². The van der Waals surface area contributed by atoms with Crippen LogP contribution in [0.3, 0.4) is 0 Å². The van der Waals surface area contributed by atoms with Gasteiger partial charge in [0.1, 0.15) is 11.3 Å². The number of nitrogens with one attached hydrogen (secondary N) is 2. The summed E-state index contributed by atoms with van der Waals surface area (Å²) < 4.78 is 31.9. The van der Waals surface area contributed by atoms with Crippen molar-refractivity contribution in [3.8, 4) is 0 Å². The highest BCUT2D eigenvalue weighted by Crippen LogP contribution is 2.22. The molecular formula is C20H31N3O5S. The largest absolute Gasteiger partial charge is 0.467 e. The predicted molar refractivity (Wildman–Crippen MR) is 113 cm³/mol. The average Bonchev–Trinajstić information content (AvgIpc) is 2.67. The number of rotatable bonds is 9. The molecule has 1 fully saturated rings. The predicted octanol–water partition coefficient (Wildman–Crippen LogP) is 2.27. The first kappa shape index (κ1) is 23.0. The van der Waals surface area contributed by atoms with Crippen LogP contribution in [0.4, 0.5) is 11.4 Å². The zero-order chi connectivity index (χ0) is 21.5. The normalized spacial score (nSPS) is 16.6. The second-order valence-electron chi connectivity index (χ2n) is 7.58. The van der Waals surface area contributed by atoms with Crippen molar-refractivity contribution in [2.24, 2.45) is 0 Å². The molecule has 1 saturated heterocycles. The highest BCUT2D eigenvalue weighted by atomic mass is 32.2. The molecule has 1 aromatic rings. The maximum Gasteiger partial charge on any atom is 0.331 e. The molecule has 1 amide bonds. The van der Waals surface area contributed by atoms with Crippen molar-refractivity contribution in [2.45, 2.75) is 51.5 Å². The molecule has 1 aliphatic rings. The standard InChI is InChI=1S/C20H31N3O5S/c1-4-12-20(2,19(25)28-3)21-18(24)15-29(26,27)22-16-8-10-17(11-9-16)23-13-6-5-7-14-23/h8-11,22H,4-7,12-15H2,1-3H3,(H,21,24). The zero-order valence-electron chi connectivity index (χ0n) is 17.4. The van der Waals surface area contributed by atoms with Gasteiger partial charge in [-0.3, -0.25) is 9.52 Å². The van der Waals surface area contributed by atoms with Crippen LogP contribution in [-0.2, 0) is 24.3 Å². The van der Waals surface area contributed by atoms with Gasteiger partial charge in [0.25, 0.3) is 0 Å². The molecule has 0 bridgehead atoms. The van der Waals surface area contributed by atoms with E-state index in [-0.39, 0.29) is 0 Å². The molecule has 1 heterocycles. The Balaban J connectivity index is 1.98. The summed E-state index contributed by atoms with van der Waals surface area (Å²) in [7, 11) is -2.69. The molecule has 1 aromatic carbocycles. The van der Waals surface area contributed by atoms with Crippen LogP contribution in [0.25, 0.3) is 0 Å². The van der Waals surface area contributed by atoms with Gasteiger partial charge < -0.3 is 15.0 Å². The quantitative estimate of drug-likeness (QED) is 0.588. The number of methoxy groups -OCH3 is 1. The van der Waals surface area contributed by atoms with Gasteiger partial charge in [-0.05, 0) is 56.9 Å². The van der Waals surface area contributed by atoms with Gasteiger partial charge in [-0.1, -0.05) is 13.3 Å². The summed E-state index contributed by atoms with van der Waals surface area (Å²) in [5.74, 6) is -2.15. The van der Waals surface area contributed by atoms with Gasteiger partial charge >= 0.3 is 5.97 Å². The number of hydrogen-bond acceptors (Lipinski definition) is 6. The second kappa shape index (κ2) is 9.96. The fraction of sp³-hybridized carbons (Fsp3) is 0.600. The van der Waals surface area contributed by atoms with Gasteiger partial charge in [-0.15, -0.1) is 0 Å². The van der Waals surface area contributed by atoms with Crippen molar-refractivity contribution in [3.63, 3.8) is 0 Å². The van der Waals surface area contributed by atoms with Crippen LogP contribution in [0.15, 0.2) is 24.3 Å². The molecule has 1 atom stereocenters. The molecule has 0 aliphatic carbocycles. The SMILES string of the molecule is CCCC(C)(NC(=O)CS(=O)(=O)Nc1ccc(N2CCCCC2)cc1)C(=O)OC. The first-order valence-electron chi connectivity index (χ1n) is 9.94. The lowest BCUT2D eigenvalue weighted by atomic mass is 9.96. The molecule has 29 heavy (non-hydrogen) atoms. The van der Waals surface area contributed by atoms with Gasteiger partial charge in [0, 0.05) is 24.5 Å². The summed E-state index contributed by atoms with van der Waals surface area (Å²) in [6.07, 6.45) is 4.53. The summed E-state index contributed by atoms with van der Waals surface area (Å²) in [5.41, 5.74) is 0.188. The van der Waals surface area contributed by atoms with Crippen LogP contribution < -0.4 is 14.9 Å². The van der Waals surface area contributed by atoms with Crippen molar-refractivity contribution >= 4 is 33.3 Å². The summed E-state index contributed by atoms with van der Waals surface area (Å²) in [6.45, 7) is 5.39. The number of benzene rings is 1. The topological polar surface area (TPSA) is 105 Å². The van der Waals surface area contributed by atoms with Crippen LogP contribution in [-0.4, -0.2) is 51.8 Å². The number of ether oxygens (including phenoxy) is 1. The highest BCUT2D eigenvalue weighted by Gasteiger charge is 2.36. The number of nitrogens with zero attached hydrogens (tertiary/aromatic N) is 1. The average molecular weight is 426 g/mol. The Bertz CT molecular complexity index is 804. The van der Waals surface area contributed by atoms with E-state index in [1.165, 1.54) is 20.5 Å². The monoisotopic (exact) mass is 425 g/mol. The molecule has 8 nitrogen and oxygen atoms in total. The molecule has 0 radical (unpaired) electrons. The number of esters is 1. The van der Waals surface area contributed by atoms with Gasteiger partial charge in [0.15, 0.2) is 0 Å². The maximum absolute atomic E-state index is 12.4. The number of amides is 1. The van der Waals surface area contributed by atoms with Crippen molar-refractivity contribution in [1.29, 1.82) is 0 Å². The molecular weight excluding hydrogens is 394 g/mol. The molecule has 0 spiro atoms. The number of sulfonamides is 1. The Morgan fingerprint density at radius 2 is 1.76 bits per heavy atom. The molecule has 162 valence electrons. The van der Waals surface area contributed by atoms with Crippen LogP contribution in [0.5, 0.6) is 0 Å². The zero-order valence-corrected chi connectivity index (χ0v) is 18.2. The van der Waals surface area contributed by atoms with Crippen LogP contribution in [0.2, 0.25) is 0 Å². The molecule has 2 N–H and O–H groups in total. The van der Waals surface area contributed by atoms with Crippen LogP contribution in [0.1, 0.15) is 46.0 Å². The summed E-state index contributed by atoms with van der Waals surface area (Å²) in [5, 5.41) is 2.50. The van der Waals surface area contributed by atoms with Gasteiger partial charge in [-0.25, -0.2) is 13.2 Å². The lowest BCUT2D eigenvalue weighted by molar-refractivity contribution is -0.150. The maximum atomic E-state index is 12.4. The molecule has 9 heteroatoms. The van der Waals surface area contributed by atoms with Crippen molar-refractivity contribution in [3.05, 3.63) is 24.3 Å². The van der Waals surface area contributed by atoms with Crippen LogP contribution >= 0.6 is 0 Å². The highest BCUT2D eigenvalue weighted by molar-refractivity contribution is 7.93. The fourth-order valence-corrected chi connectivity index (χ4v) is 4.55. The third-order valence-corrected chi connectivity index (χ3v) is 6.17. The third-order valence-electron chi connectivity index (χ3n) is 4.98. The minimum Gasteiger partial charge on any atom is -0.467 e. The Morgan fingerprint density at radius 1 is 1.14 bits per heavy atom. The van der Waals surface area contributed by atoms with Gasteiger partial charge in [0.05, 0.1) is 7.11 Å². The van der Waals surface area contributed by atoms with Gasteiger partial charge in [-0.2, -0.15) is 0 Å². The second-order valence-corrected chi connectivity index (χ2v) is 9.30. The number of carbonyl (C=O) groups excluding carboxylic acids is 2. The number of hydrogen-bond donors (Lipinski definition) is 2. The smallest absolute Gasteiger partial charge is 0.331 e. The van der Waals surface area contributed by atoms with E-state index in [0.29, 0.717) is 18.5 Å². The molecule has 0 saturated carbocycles. The van der Waals surface area contributed by atoms with Crippen molar-refractivity contribution in [2.75, 3.05) is 35.6 Å². The number of piperidine rings is 1. The Kier molecular flexibility index (Phi) is 7.89. The van der Waals surface area contributed by atoms with E-state index >= 15 is 0 Å². The lowest BCUT2D eigenvalue weighted by Gasteiger charge is -2.29. The van der Waals surface area contributed by atoms with E-state index in [9.17, 15) is 18.0 Å². The summed E-state index contributed by atoms with van der Waals surface area (Å²) in [6, 6.07) is 7.13. The molecule has 2 rings (SSSR count). The summed E-state index contributed by atoms with van der Waals surface area (Å²) >= 11 is 0. The van der Waals surface area contributed by atoms with E-state index in [4.69, 9.17) is 4.74 Å². The summed E-state index contributed by atoms with van der Waals surface area (Å²) in [4.78, 5) is 26.5. The molecule has 0 aromatic heterocycles.